The first-order valence-electron chi connectivity index (χ1n) is 3.98. The summed E-state index contributed by atoms with van der Waals surface area (Å²) >= 11 is 5.84. The van der Waals surface area contributed by atoms with Crippen LogP contribution in [-0.4, -0.2) is 9.91 Å². The number of rotatable bonds is 2. The van der Waals surface area contributed by atoms with Gasteiger partial charge in [-0.2, -0.15) is 0 Å². The zero-order valence-electron chi connectivity index (χ0n) is 6.74. The van der Waals surface area contributed by atoms with E-state index < -0.39 is 4.92 Å². The topological polar surface area (TPSA) is 56.0 Å². The van der Waals surface area contributed by atoms with Crippen LogP contribution in [0.5, 0.6) is 0 Å². The minimum atomic E-state index is -0.491. The second-order valence-corrected chi connectivity index (χ2v) is 3.50. The first-order valence-corrected chi connectivity index (χ1v) is 4.36. The Labute approximate surface area is 79.7 Å². The average Bonchev–Trinajstić information content (AvgIpc) is 2.87. The molecule has 1 aromatic heterocycles. The number of nitrogens with zero attached hydrogens (tertiary/aromatic N) is 2. The summed E-state index contributed by atoms with van der Waals surface area (Å²) in [6.45, 7) is 0. The van der Waals surface area contributed by atoms with Crippen LogP contribution in [0.4, 0.5) is 5.69 Å². The summed E-state index contributed by atoms with van der Waals surface area (Å²) in [5, 5.41) is 10.8. The van der Waals surface area contributed by atoms with Crippen molar-refractivity contribution in [3.63, 3.8) is 0 Å². The van der Waals surface area contributed by atoms with Crippen LogP contribution < -0.4 is 0 Å². The van der Waals surface area contributed by atoms with E-state index in [2.05, 4.69) is 4.98 Å². The van der Waals surface area contributed by atoms with Gasteiger partial charge >= 0.3 is 0 Å². The van der Waals surface area contributed by atoms with Gasteiger partial charge in [-0.05, 0) is 12.8 Å². The summed E-state index contributed by atoms with van der Waals surface area (Å²) in [5.41, 5.74) is 0.752. The molecule has 13 heavy (non-hydrogen) atoms. The van der Waals surface area contributed by atoms with E-state index in [1.807, 2.05) is 0 Å². The zero-order chi connectivity index (χ0) is 9.42. The molecule has 68 valence electrons. The highest BCUT2D eigenvalue weighted by atomic mass is 35.5. The standard InChI is InChI=1S/C8H7ClN2O2/c9-7-3-6(11(12)13)4-10-8(7)5-1-2-5/h3-5H,1-2H2. The van der Waals surface area contributed by atoms with Crippen molar-refractivity contribution in [2.75, 3.05) is 0 Å². The smallest absolute Gasteiger partial charge is 0.258 e. The Bertz CT molecular complexity index is 363. The molecule has 0 bridgehead atoms. The molecule has 0 N–H and O–H groups in total. The molecule has 0 saturated heterocycles. The number of hydrogen-bond acceptors (Lipinski definition) is 3. The summed E-state index contributed by atoms with van der Waals surface area (Å²) in [5.74, 6) is 0.424. The van der Waals surface area contributed by atoms with Gasteiger partial charge in [-0.1, -0.05) is 11.6 Å². The lowest BCUT2D eigenvalue weighted by Crippen LogP contribution is -1.93. The number of aromatic nitrogens is 1. The SMILES string of the molecule is O=[N+]([O-])c1cnc(C2CC2)c(Cl)c1. The third kappa shape index (κ3) is 1.62. The van der Waals surface area contributed by atoms with E-state index in [9.17, 15) is 10.1 Å². The Kier molecular flexibility index (Phi) is 1.92. The van der Waals surface area contributed by atoms with E-state index in [0.717, 1.165) is 18.5 Å². The van der Waals surface area contributed by atoms with Crippen LogP contribution in [0.25, 0.3) is 0 Å². The molecular formula is C8H7ClN2O2. The fourth-order valence-corrected chi connectivity index (χ4v) is 1.51. The van der Waals surface area contributed by atoms with Crippen LogP contribution in [0.3, 0.4) is 0 Å². The molecule has 5 heteroatoms. The normalized spacial score (nSPS) is 15.8. The minimum Gasteiger partial charge on any atom is -0.258 e. The van der Waals surface area contributed by atoms with Gasteiger partial charge < -0.3 is 0 Å². The van der Waals surface area contributed by atoms with Crippen molar-refractivity contribution >= 4 is 17.3 Å². The molecule has 1 aliphatic carbocycles. The monoisotopic (exact) mass is 198 g/mol. The van der Waals surface area contributed by atoms with Crippen LogP contribution in [0.1, 0.15) is 24.5 Å². The molecule has 2 rings (SSSR count). The summed E-state index contributed by atoms with van der Waals surface area (Å²) < 4.78 is 0. The summed E-state index contributed by atoms with van der Waals surface area (Å²) in [4.78, 5) is 13.9. The van der Waals surface area contributed by atoms with Gasteiger partial charge in [0.2, 0.25) is 0 Å². The first-order chi connectivity index (χ1) is 6.18. The van der Waals surface area contributed by atoms with E-state index in [1.165, 1.54) is 12.3 Å². The molecule has 4 nitrogen and oxygen atoms in total. The third-order valence-electron chi connectivity index (χ3n) is 2.03. The van der Waals surface area contributed by atoms with Gasteiger partial charge in [-0.15, -0.1) is 0 Å². The van der Waals surface area contributed by atoms with Crippen LogP contribution in [0.2, 0.25) is 5.02 Å². The lowest BCUT2D eigenvalue weighted by molar-refractivity contribution is -0.385. The van der Waals surface area contributed by atoms with Crippen LogP contribution in [-0.2, 0) is 0 Å². The Hall–Kier alpha value is -1.16. The summed E-state index contributed by atoms with van der Waals surface area (Å²) in [7, 11) is 0. The molecular weight excluding hydrogens is 192 g/mol. The maximum Gasteiger partial charge on any atom is 0.289 e. The molecule has 1 aliphatic rings. The van der Waals surface area contributed by atoms with Gasteiger partial charge in [0.15, 0.2) is 0 Å². The summed E-state index contributed by atoms with van der Waals surface area (Å²) in [6, 6.07) is 1.36. The second-order valence-electron chi connectivity index (χ2n) is 3.09. The Morgan fingerprint density at radius 2 is 2.31 bits per heavy atom. The highest BCUT2D eigenvalue weighted by Gasteiger charge is 2.28. The Morgan fingerprint density at radius 3 is 2.77 bits per heavy atom. The van der Waals surface area contributed by atoms with E-state index in [1.54, 1.807) is 0 Å². The van der Waals surface area contributed by atoms with Gasteiger partial charge in [0.1, 0.15) is 6.20 Å². The van der Waals surface area contributed by atoms with Crippen molar-refractivity contribution in [3.05, 3.63) is 33.1 Å². The molecule has 1 fully saturated rings. The highest BCUT2D eigenvalue weighted by Crippen LogP contribution is 2.42. The van der Waals surface area contributed by atoms with Crippen LogP contribution in [0, 0.1) is 10.1 Å². The van der Waals surface area contributed by atoms with Gasteiger partial charge in [0.05, 0.1) is 15.6 Å². The molecule has 1 saturated carbocycles. The average molecular weight is 199 g/mol. The maximum atomic E-state index is 10.4. The van der Waals surface area contributed by atoms with E-state index in [-0.39, 0.29) is 5.69 Å². The molecule has 0 aliphatic heterocycles. The van der Waals surface area contributed by atoms with Crippen LogP contribution in [0.15, 0.2) is 12.3 Å². The van der Waals surface area contributed by atoms with Gasteiger partial charge in [0, 0.05) is 12.0 Å². The number of pyridine rings is 1. The molecule has 0 spiro atoms. The van der Waals surface area contributed by atoms with Crippen LogP contribution >= 0.6 is 11.6 Å². The third-order valence-corrected chi connectivity index (χ3v) is 2.33. The minimum absolute atomic E-state index is 0.0469. The van der Waals surface area contributed by atoms with E-state index >= 15 is 0 Å². The van der Waals surface area contributed by atoms with Gasteiger partial charge in [-0.25, -0.2) is 0 Å². The largest absolute Gasteiger partial charge is 0.289 e. The predicted octanol–water partition coefficient (Wildman–Crippen LogP) is 2.52. The number of nitro groups is 1. The molecule has 0 amide bonds. The molecule has 1 heterocycles. The van der Waals surface area contributed by atoms with Gasteiger partial charge in [0.25, 0.3) is 5.69 Å². The maximum absolute atomic E-state index is 10.4. The Balaban J connectivity index is 2.36. The molecule has 1 aromatic rings. The van der Waals surface area contributed by atoms with Crippen molar-refractivity contribution in [2.24, 2.45) is 0 Å². The molecule has 0 radical (unpaired) electrons. The quantitative estimate of drug-likeness (QED) is 0.542. The fourth-order valence-electron chi connectivity index (χ4n) is 1.20. The van der Waals surface area contributed by atoms with E-state index in [4.69, 9.17) is 11.6 Å². The lowest BCUT2D eigenvalue weighted by atomic mass is 10.2. The summed E-state index contributed by atoms with van der Waals surface area (Å²) in [6.07, 6.45) is 3.44. The lowest BCUT2D eigenvalue weighted by Gasteiger charge is -1.99. The van der Waals surface area contributed by atoms with Crippen molar-refractivity contribution in [1.29, 1.82) is 0 Å². The molecule has 0 unspecified atom stereocenters. The predicted molar refractivity (Wildman–Crippen MR) is 47.9 cm³/mol. The molecule has 0 aromatic carbocycles. The van der Waals surface area contributed by atoms with Gasteiger partial charge in [-0.3, -0.25) is 15.1 Å². The highest BCUT2D eigenvalue weighted by molar-refractivity contribution is 6.31. The second kappa shape index (κ2) is 2.96. The van der Waals surface area contributed by atoms with Crippen molar-refractivity contribution in [3.8, 4) is 0 Å². The van der Waals surface area contributed by atoms with Crippen molar-refractivity contribution < 1.29 is 4.92 Å². The van der Waals surface area contributed by atoms with Crippen molar-refractivity contribution in [1.82, 2.24) is 4.98 Å². The fraction of sp³-hybridized carbons (Fsp3) is 0.375. The molecule has 0 atom stereocenters. The Morgan fingerprint density at radius 1 is 1.62 bits per heavy atom. The zero-order valence-corrected chi connectivity index (χ0v) is 7.49. The van der Waals surface area contributed by atoms with Crippen molar-refractivity contribution in [2.45, 2.75) is 18.8 Å². The first kappa shape index (κ1) is 8.44. The number of halogens is 1. The number of hydrogen-bond donors (Lipinski definition) is 0. The van der Waals surface area contributed by atoms with E-state index in [0.29, 0.717) is 10.9 Å².